The van der Waals surface area contributed by atoms with Crippen LogP contribution in [0, 0.1) is 5.41 Å². The highest BCUT2D eigenvalue weighted by atomic mass is 32.2. The molecule has 3 aromatic rings. The minimum absolute atomic E-state index is 0.0934. The van der Waals surface area contributed by atoms with E-state index in [9.17, 15) is 9.59 Å². The molecule has 0 radical (unpaired) electrons. The summed E-state index contributed by atoms with van der Waals surface area (Å²) in [4.78, 5) is 34.1. The number of ketones is 1. The summed E-state index contributed by atoms with van der Waals surface area (Å²) in [6, 6.07) is 3.43. The number of aromatic nitrogens is 3. The van der Waals surface area contributed by atoms with Crippen molar-refractivity contribution in [2.24, 2.45) is 12.5 Å². The Balaban J connectivity index is 1.42. The van der Waals surface area contributed by atoms with Gasteiger partial charge in [0.1, 0.15) is 5.76 Å². The molecule has 4 rings (SSSR count). The number of amides is 1. The van der Waals surface area contributed by atoms with Gasteiger partial charge in [0.15, 0.2) is 21.8 Å². The summed E-state index contributed by atoms with van der Waals surface area (Å²) in [6.45, 7) is 4.11. The van der Waals surface area contributed by atoms with Gasteiger partial charge in [-0.25, -0.2) is 9.97 Å². The minimum atomic E-state index is -0.369. The maximum Gasteiger partial charge on any atom is 0.293 e. The van der Waals surface area contributed by atoms with Crippen molar-refractivity contribution in [3.63, 3.8) is 0 Å². The molecule has 3 heterocycles. The number of aryl methyl sites for hydroxylation is 1. The molecule has 0 fully saturated rings. The molecule has 0 aliphatic heterocycles. The molecule has 0 atom stereocenters. The Bertz CT molecular complexity index is 1050. The number of rotatable bonds is 5. The molecular weight excluding hydrogens is 396 g/mol. The standard InChI is InChI=1S/C19H20N4O3S2/c1-19(2)8-12-15(13(24)9-19)28-17(21-12)22-16(25)14-5-4-11(26-14)10-27-18-20-6-7-23(18)3/h4-7H,8-10H2,1-3H3,(H,21,22,25). The fourth-order valence-corrected chi connectivity index (χ4v) is 4.88. The average Bonchev–Trinajstić information content (AvgIpc) is 3.32. The van der Waals surface area contributed by atoms with Crippen LogP contribution < -0.4 is 5.32 Å². The van der Waals surface area contributed by atoms with Gasteiger partial charge in [-0.05, 0) is 24.0 Å². The second-order valence-corrected chi connectivity index (χ2v) is 9.51. The monoisotopic (exact) mass is 416 g/mol. The van der Waals surface area contributed by atoms with E-state index in [1.807, 2.05) is 17.8 Å². The van der Waals surface area contributed by atoms with E-state index >= 15 is 0 Å². The van der Waals surface area contributed by atoms with Gasteiger partial charge in [0.05, 0.1) is 16.3 Å². The molecule has 1 amide bonds. The first kappa shape index (κ1) is 18.9. The van der Waals surface area contributed by atoms with Gasteiger partial charge in [0, 0.05) is 25.9 Å². The molecule has 9 heteroatoms. The van der Waals surface area contributed by atoms with Crippen molar-refractivity contribution in [2.45, 2.75) is 37.6 Å². The van der Waals surface area contributed by atoms with Crippen LogP contribution in [0.2, 0.25) is 0 Å². The molecule has 28 heavy (non-hydrogen) atoms. The lowest BCUT2D eigenvalue weighted by Gasteiger charge is -2.26. The molecule has 0 saturated heterocycles. The van der Waals surface area contributed by atoms with E-state index in [1.165, 1.54) is 23.1 Å². The molecule has 7 nitrogen and oxygen atoms in total. The smallest absolute Gasteiger partial charge is 0.293 e. The van der Waals surface area contributed by atoms with Crippen molar-refractivity contribution < 1.29 is 14.0 Å². The average molecular weight is 417 g/mol. The number of thioether (sulfide) groups is 1. The van der Waals surface area contributed by atoms with Crippen LogP contribution in [0.5, 0.6) is 0 Å². The number of anilines is 1. The molecule has 0 aromatic carbocycles. The van der Waals surface area contributed by atoms with E-state index in [-0.39, 0.29) is 22.9 Å². The number of fused-ring (bicyclic) bond motifs is 1. The Hall–Kier alpha value is -2.39. The number of imidazole rings is 1. The lowest BCUT2D eigenvalue weighted by molar-refractivity contribution is 0.0915. The van der Waals surface area contributed by atoms with Crippen molar-refractivity contribution in [2.75, 3.05) is 5.32 Å². The number of nitrogens with zero attached hydrogens (tertiary/aromatic N) is 3. The molecule has 0 unspecified atom stereocenters. The van der Waals surface area contributed by atoms with Gasteiger partial charge in [-0.1, -0.05) is 36.9 Å². The van der Waals surface area contributed by atoms with Crippen LogP contribution in [0.1, 0.15) is 51.9 Å². The van der Waals surface area contributed by atoms with Crippen LogP contribution >= 0.6 is 23.1 Å². The lowest BCUT2D eigenvalue weighted by atomic mass is 9.78. The minimum Gasteiger partial charge on any atom is -0.455 e. The van der Waals surface area contributed by atoms with Crippen LogP contribution in [0.25, 0.3) is 0 Å². The van der Waals surface area contributed by atoms with Gasteiger partial charge < -0.3 is 8.98 Å². The fraction of sp³-hybridized carbons (Fsp3) is 0.368. The maximum absolute atomic E-state index is 12.5. The first-order chi connectivity index (χ1) is 13.3. The summed E-state index contributed by atoms with van der Waals surface area (Å²) < 4.78 is 7.58. The number of hydrogen-bond acceptors (Lipinski definition) is 7. The van der Waals surface area contributed by atoms with Gasteiger partial charge in [0.25, 0.3) is 5.91 Å². The zero-order chi connectivity index (χ0) is 19.9. The summed E-state index contributed by atoms with van der Waals surface area (Å²) in [6.07, 6.45) is 4.85. The molecule has 0 saturated carbocycles. The van der Waals surface area contributed by atoms with Crippen LogP contribution in [0.3, 0.4) is 0 Å². The Kier molecular flexibility index (Phi) is 4.88. The third-order valence-electron chi connectivity index (χ3n) is 4.46. The predicted molar refractivity (Wildman–Crippen MR) is 108 cm³/mol. The Morgan fingerprint density at radius 3 is 2.96 bits per heavy atom. The molecule has 0 bridgehead atoms. The van der Waals surface area contributed by atoms with Gasteiger partial charge in [-0.2, -0.15) is 0 Å². The third-order valence-corrected chi connectivity index (χ3v) is 6.60. The maximum atomic E-state index is 12.5. The summed E-state index contributed by atoms with van der Waals surface area (Å²) in [7, 11) is 1.93. The molecule has 1 aliphatic carbocycles. The van der Waals surface area contributed by atoms with Crippen molar-refractivity contribution >= 4 is 39.9 Å². The summed E-state index contributed by atoms with van der Waals surface area (Å²) in [5.74, 6) is 1.21. The van der Waals surface area contributed by atoms with Gasteiger partial charge in [-0.15, -0.1) is 0 Å². The van der Waals surface area contributed by atoms with E-state index in [0.29, 0.717) is 27.9 Å². The Labute approximate surface area is 170 Å². The largest absolute Gasteiger partial charge is 0.455 e. The van der Waals surface area contributed by atoms with E-state index in [2.05, 4.69) is 29.1 Å². The highest BCUT2D eigenvalue weighted by molar-refractivity contribution is 7.98. The highest BCUT2D eigenvalue weighted by Crippen LogP contribution is 2.38. The summed E-state index contributed by atoms with van der Waals surface area (Å²) in [5, 5.41) is 4.06. The van der Waals surface area contributed by atoms with Crippen LogP contribution in [-0.4, -0.2) is 26.2 Å². The normalized spacial score (nSPS) is 15.5. The third kappa shape index (κ3) is 3.90. The number of carbonyl (C=O) groups is 2. The van der Waals surface area contributed by atoms with Crippen molar-refractivity contribution in [1.29, 1.82) is 0 Å². The van der Waals surface area contributed by atoms with Crippen molar-refractivity contribution in [3.05, 3.63) is 46.6 Å². The number of carbonyl (C=O) groups excluding carboxylic acids is 2. The van der Waals surface area contributed by atoms with Crippen LogP contribution in [0.15, 0.2) is 34.1 Å². The summed E-state index contributed by atoms with van der Waals surface area (Å²) >= 11 is 2.77. The molecular formula is C19H20N4O3S2. The molecule has 146 valence electrons. The number of furan rings is 1. The summed E-state index contributed by atoms with van der Waals surface area (Å²) in [5.41, 5.74) is 0.674. The van der Waals surface area contributed by atoms with E-state index in [1.54, 1.807) is 18.3 Å². The van der Waals surface area contributed by atoms with Gasteiger partial charge >= 0.3 is 0 Å². The quantitative estimate of drug-likeness (QED) is 0.628. The number of hydrogen-bond donors (Lipinski definition) is 1. The Morgan fingerprint density at radius 2 is 2.21 bits per heavy atom. The fourth-order valence-electron chi connectivity index (χ4n) is 3.14. The first-order valence-electron chi connectivity index (χ1n) is 8.84. The molecule has 3 aromatic heterocycles. The number of thiazole rings is 1. The highest BCUT2D eigenvalue weighted by Gasteiger charge is 2.34. The molecule has 1 aliphatic rings. The van der Waals surface area contributed by atoms with Gasteiger partial charge in [-0.3, -0.25) is 14.9 Å². The van der Waals surface area contributed by atoms with Gasteiger partial charge in [0.2, 0.25) is 0 Å². The van der Waals surface area contributed by atoms with E-state index in [4.69, 9.17) is 4.42 Å². The van der Waals surface area contributed by atoms with E-state index < -0.39 is 0 Å². The van der Waals surface area contributed by atoms with Crippen molar-refractivity contribution in [1.82, 2.24) is 14.5 Å². The zero-order valence-corrected chi connectivity index (χ0v) is 17.4. The van der Waals surface area contributed by atoms with Crippen molar-refractivity contribution in [3.8, 4) is 0 Å². The van der Waals surface area contributed by atoms with E-state index in [0.717, 1.165) is 17.3 Å². The number of nitrogens with one attached hydrogen (secondary N) is 1. The van der Waals surface area contributed by atoms with Crippen LogP contribution in [-0.2, 0) is 19.2 Å². The SMILES string of the molecule is Cn1ccnc1SCc1ccc(C(=O)Nc2nc3c(s2)C(=O)CC(C)(C)C3)o1. The Morgan fingerprint density at radius 1 is 1.39 bits per heavy atom. The molecule has 0 spiro atoms. The lowest BCUT2D eigenvalue weighted by Crippen LogP contribution is -2.26. The topological polar surface area (TPSA) is 90.0 Å². The predicted octanol–water partition coefficient (Wildman–Crippen LogP) is 4.17. The zero-order valence-electron chi connectivity index (χ0n) is 15.8. The van der Waals surface area contributed by atoms with Crippen LogP contribution in [0.4, 0.5) is 5.13 Å². The second-order valence-electron chi connectivity index (χ2n) is 7.57. The number of Topliss-reactive ketones (excluding diaryl/α,β-unsaturated/α-hetero) is 1. The second kappa shape index (κ2) is 7.21. The first-order valence-corrected chi connectivity index (χ1v) is 10.6. The molecule has 1 N–H and O–H groups in total.